The molecule has 0 radical (unpaired) electrons. The normalized spacial score (nSPS) is 12.2. The average Bonchev–Trinajstić information content (AvgIpc) is 3.45. The fourth-order valence-electron chi connectivity index (χ4n) is 3.41. The third-order valence-corrected chi connectivity index (χ3v) is 6.64. The Morgan fingerprint density at radius 3 is 2.80 bits per heavy atom. The first-order valence-corrected chi connectivity index (χ1v) is 11.0. The van der Waals surface area contributed by atoms with Crippen molar-refractivity contribution in [2.24, 2.45) is 4.99 Å². The van der Waals surface area contributed by atoms with E-state index in [4.69, 9.17) is 0 Å². The quantitative estimate of drug-likeness (QED) is 0.467. The van der Waals surface area contributed by atoms with Crippen molar-refractivity contribution < 1.29 is 9.59 Å². The van der Waals surface area contributed by atoms with E-state index in [1.54, 1.807) is 16.7 Å². The minimum atomic E-state index is -0.319. The van der Waals surface area contributed by atoms with Crippen LogP contribution in [0.1, 0.15) is 28.5 Å². The summed E-state index contributed by atoms with van der Waals surface area (Å²) >= 11 is 2.95. The second-order valence-corrected chi connectivity index (χ2v) is 8.82. The fourth-order valence-corrected chi connectivity index (χ4v) is 5.25. The number of benzene rings is 2. The molecule has 0 fully saturated rings. The summed E-state index contributed by atoms with van der Waals surface area (Å²) in [6, 6.07) is 14.4. The Hall–Kier alpha value is -3.36. The Labute approximate surface area is 180 Å². The van der Waals surface area contributed by atoms with Crippen molar-refractivity contribution in [1.82, 2.24) is 4.98 Å². The van der Waals surface area contributed by atoms with E-state index in [1.807, 2.05) is 30.5 Å². The minimum Gasteiger partial charge on any atom is -0.321 e. The Kier molecular flexibility index (Phi) is 4.65. The van der Waals surface area contributed by atoms with Crippen molar-refractivity contribution in [1.29, 1.82) is 0 Å². The monoisotopic (exact) mass is 432 g/mol. The number of nitrogens with zero attached hydrogens (tertiary/aromatic N) is 2. The summed E-state index contributed by atoms with van der Waals surface area (Å²) in [7, 11) is 0. The average molecular weight is 433 g/mol. The maximum atomic E-state index is 12.7. The molecule has 8 heteroatoms. The van der Waals surface area contributed by atoms with Crippen LogP contribution < -0.4 is 10.6 Å². The predicted octanol–water partition coefficient (Wildman–Crippen LogP) is 5.17. The van der Waals surface area contributed by atoms with Crippen molar-refractivity contribution in [3.8, 4) is 10.4 Å². The van der Waals surface area contributed by atoms with Crippen molar-refractivity contribution in [2.45, 2.75) is 13.5 Å². The van der Waals surface area contributed by atoms with E-state index in [0.717, 1.165) is 16.0 Å². The van der Waals surface area contributed by atoms with E-state index in [2.05, 4.69) is 38.8 Å². The zero-order chi connectivity index (χ0) is 20.7. The van der Waals surface area contributed by atoms with Gasteiger partial charge in [0.1, 0.15) is 5.69 Å². The lowest BCUT2D eigenvalue weighted by atomic mass is 10.0. The number of nitrogens with one attached hydrogen (secondary N) is 2. The Bertz CT molecular complexity index is 1300. The first-order valence-electron chi connectivity index (χ1n) is 9.27. The Morgan fingerprint density at radius 2 is 1.97 bits per heavy atom. The highest BCUT2D eigenvalue weighted by atomic mass is 32.1. The molecule has 0 bridgehead atoms. The number of rotatable bonds is 4. The molecule has 2 aromatic heterocycles. The van der Waals surface area contributed by atoms with Gasteiger partial charge in [0.15, 0.2) is 5.13 Å². The summed E-state index contributed by atoms with van der Waals surface area (Å²) in [4.78, 5) is 33.6. The van der Waals surface area contributed by atoms with Crippen molar-refractivity contribution in [3.05, 3.63) is 64.7 Å². The van der Waals surface area contributed by atoms with Crippen LogP contribution in [0.3, 0.4) is 0 Å². The lowest BCUT2D eigenvalue weighted by molar-refractivity contribution is -0.114. The molecule has 30 heavy (non-hydrogen) atoms. The zero-order valence-electron chi connectivity index (χ0n) is 15.9. The van der Waals surface area contributed by atoms with Gasteiger partial charge in [0, 0.05) is 39.3 Å². The van der Waals surface area contributed by atoms with Gasteiger partial charge in [0.05, 0.1) is 6.54 Å². The van der Waals surface area contributed by atoms with E-state index in [9.17, 15) is 9.59 Å². The minimum absolute atomic E-state index is 0.220. The molecule has 6 nitrogen and oxygen atoms in total. The molecule has 0 saturated heterocycles. The molecule has 4 aromatic rings. The molecule has 0 spiro atoms. The van der Waals surface area contributed by atoms with E-state index < -0.39 is 0 Å². The lowest BCUT2D eigenvalue weighted by Crippen LogP contribution is -2.13. The van der Waals surface area contributed by atoms with Crippen LogP contribution in [0.15, 0.2) is 52.8 Å². The number of anilines is 2. The molecule has 0 atom stereocenters. The number of thiophene rings is 1. The molecular weight excluding hydrogens is 416 g/mol. The van der Waals surface area contributed by atoms with Crippen LogP contribution in [-0.4, -0.2) is 23.0 Å². The molecule has 0 aliphatic carbocycles. The maximum Gasteiger partial charge on any atom is 0.275 e. The van der Waals surface area contributed by atoms with Crippen LogP contribution in [-0.2, 0) is 11.3 Å². The van der Waals surface area contributed by atoms with Crippen LogP contribution in [0.2, 0.25) is 0 Å². The van der Waals surface area contributed by atoms with Crippen LogP contribution >= 0.6 is 22.7 Å². The van der Waals surface area contributed by atoms with Crippen molar-refractivity contribution in [3.63, 3.8) is 0 Å². The summed E-state index contributed by atoms with van der Waals surface area (Å²) in [6.07, 6.45) is 1.85. The highest BCUT2D eigenvalue weighted by Crippen LogP contribution is 2.39. The molecule has 3 heterocycles. The van der Waals surface area contributed by atoms with Gasteiger partial charge >= 0.3 is 0 Å². The van der Waals surface area contributed by atoms with Gasteiger partial charge in [-0.15, -0.1) is 22.7 Å². The molecule has 148 valence electrons. The number of thiazole rings is 1. The molecule has 0 saturated carbocycles. The lowest BCUT2D eigenvalue weighted by Gasteiger charge is -2.11. The van der Waals surface area contributed by atoms with Crippen molar-refractivity contribution in [2.75, 3.05) is 10.6 Å². The van der Waals surface area contributed by atoms with Gasteiger partial charge in [-0.2, -0.15) is 0 Å². The number of carbonyl (C=O) groups is 2. The van der Waals surface area contributed by atoms with Gasteiger partial charge < -0.3 is 10.6 Å². The summed E-state index contributed by atoms with van der Waals surface area (Å²) in [5.41, 5.74) is 4.22. The molecule has 1 aliphatic heterocycles. The molecule has 0 unspecified atom stereocenters. The Balaban J connectivity index is 1.48. The molecule has 2 N–H and O–H groups in total. The molecule has 2 aromatic carbocycles. The highest BCUT2D eigenvalue weighted by molar-refractivity contribution is 7.22. The number of hydrogen-bond acceptors (Lipinski definition) is 6. The van der Waals surface area contributed by atoms with E-state index in [0.29, 0.717) is 17.4 Å². The second kappa shape index (κ2) is 7.47. The number of hydrogen-bond donors (Lipinski definition) is 2. The van der Waals surface area contributed by atoms with Gasteiger partial charge in [-0.25, -0.2) is 4.98 Å². The van der Waals surface area contributed by atoms with Gasteiger partial charge in [-0.05, 0) is 40.8 Å². The van der Waals surface area contributed by atoms with Gasteiger partial charge in [0.25, 0.3) is 5.91 Å². The zero-order valence-corrected chi connectivity index (χ0v) is 17.6. The molecule has 2 amide bonds. The van der Waals surface area contributed by atoms with Crippen molar-refractivity contribution >= 4 is 61.6 Å². The summed E-state index contributed by atoms with van der Waals surface area (Å²) in [6.45, 7) is 2.04. The summed E-state index contributed by atoms with van der Waals surface area (Å²) < 4.78 is 1.22. The van der Waals surface area contributed by atoms with Crippen LogP contribution in [0.4, 0.5) is 10.8 Å². The molecular formula is C22H16N4O2S2. The number of aliphatic imine (C=N–C) groups is 1. The number of fused-ring (bicyclic) bond motifs is 2. The number of amides is 2. The number of carbonyl (C=O) groups excluding carboxylic acids is 2. The topological polar surface area (TPSA) is 83.5 Å². The molecule has 5 rings (SSSR count). The summed E-state index contributed by atoms with van der Waals surface area (Å²) in [5.74, 6) is -0.540. The van der Waals surface area contributed by atoms with Crippen LogP contribution in [0, 0.1) is 0 Å². The number of aromatic nitrogens is 1. The Morgan fingerprint density at radius 1 is 1.10 bits per heavy atom. The highest BCUT2D eigenvalue weighted by Gasteiger charge is 2.18. The van der Waals surface area contributed by atoms with Gasteiger partial charge in [-0.3, -0.25) is 14.6 Å². The van der Waals surface area contributed by atoms with E-state index >= 15 is 0 Å². The van der Waals surface area contributed by atoms with Crippen LogP contribution in [0.5, 0.6) is 0 Å². The predicted molar refractivity (Wildman–Crippen MR) is 123 cm³/mol. The fraction of sp³-hybridized carbons (Fsp3) is 0.0909. The molecule has 1 aliphatic rings. The van der Waals surface area contributed by atoms with E-state index in [1.165, 1.54) is 33.9 Å². The van der Waals surface area contributed by atoms with Gasteiger partial charge in [-0.1, -0.05) is 18.2 Å². The smallest absolute Gasteiger partial charge is 0.275 e. The largest absolute Gasteiger partial charge is 0.321 e. The van der Waals surface area contributed by atoms with Crippen LogP contribution in [0.25, 0.3) is 20.5 Å². The maximum absolute atomic E-state index is 12.7. The second-order valence-electron chi connectivity index (χ2n) is 6.88. The van der Waals surface area contributed by atoms with Gasteiger partial charge in [0.2, 0.25) is 5.91 Å². The third kappa shape index (κ3) is 3.51. The van der Waals surface area contributed by atoms with E-state index in [-0.39, 0.29) is 17.5 Å². The summed E-state index contributed by atoms with van der Waals surface area (Å²) in [5, 5.41) is 8.76. The third-order valence-electron chi connectivity index (χ3n) is 4.73. The first-order chi connectivity index (χ1) is 14.6. The SMILES string of the molecule is CC(=O)Nc1nc(C(=O)Nc2cc3c(c(-c4cc5ccccc5s4)c2)CN=C3)cs1. The standard InChI is InChI=1S/C22H16N4O2S2/c1-12(27)24-22-26-18(11-29-22)21(28)25-15-6-14-9-23-10-17(14)16(8-15)20-7-13-4-2-3-5-19(13)30-20/h2-9,11H,10H2,1H3,(H,25,28)(H,24,26,27). The first kappa shape index (κ1) is 18.7.